The lowest BCUT2D eigenvalue weighted by molar-refractivity contribution is 0.0914. The number of benzene rings is 1. The van der Waals surface area contributed by atoms with Crippen LogP contribution in [0, 0.1) is 6.92 Å². The van der Waals surface area contributed by atoms with Crippen molar-refractivity contribution < 1.29 is 9.32 Å². The van der Waals surface area contributed by atoms with Gasteiger partial charge in [0.25, 0.3) is 5.91 Å². The van der Waals surface area contributed by atoms with Crippen LogP contribution in [0.2, 0.25) is 0 Å². The summed E-state index contributed by atoms with van der Waals surface area (Å²) in [5.74, 6) is -0.0634. The van der Waals surface area contributed by atoms with Crippen molar-refractivity contribution in [2.45, 2.75) is 26.4 Å². The van der Waals surface area contributed by atoms with Crippen LogP contribution in [0.15, 0.2) is 47.1 Å². The number of fused-ring (bicyclic) bond motifs is 1. The molecule has 0 saturated heterocycles. The van der Waals surface area contributed by atoms with Gasteiger partial charge in [-0.25, -0.2) is 0 Å². The second-order valence-corrected chi connectivity index (χ2v) is 6.38. The van der Waals surface area contributed by atoms with Gasteiger partial charge in [0.05, 0.1) is 0 Å². The van der Waals surface area contributed by atoms with Crippen LogP contribution >= 0.6 is 0 Å². The number of hydrogen-bond donors (Lipinski definition) is 2. The number of nitrogens with zero attached hydrogens (tertiary/aromatic N) is 2. The maximum atomic E-state index is 12.5. The van der Waals surface area contributed by atoms with Crippen LogP contribution in [0.4, 0.5) is 0 Å². The molecule has 3 aromatic rings. The summed E-state index contributed by atoms with van der Waals surface area (Å²) in [6, 6.07) is 11.3. The summed E-state index contributed by atoms with van der Waals surface area (Å²) in [4.78, 5) is 16.9. The lowest BCUT2D eigenvalue weighted by Gasteiger charge is -2.21. The van der Waals surface area contributed by atoms with Crippen molar-refractivity contribution in [2.24, 2.45) is 0 Å². The van der Waals surface area contributed by atoms with Gasteiger partial charge >= 0.3 is 0 Å². The van der Waals surface area contributed by atoms with Crippen molar-refractivity contribution in [1.82, 2.24) is 20.8 Å². The fourth-order valence-corrected chi connectivity index (χ4v) is 3.26. The lowest BCUT2D eigenvalue weighted by atomic mass is 9.96. The van der Waals surface area contributed by atoms with Gasteiger partial charge in [-0.3, -0.25) is 9.78 Å². The molecule has 0 radical (unpaired) electrons. The Hall–Kier alpha value is -2.99. The van der Waals surface area contributed by atoms with Crippen LogP contribution < -0.4 is 10.6 Å². The fourth-order valence-electron chi connectivity index (χ4n) is 3.26. The molecule has 132 valence electrons. The van der Waals surface area contributed by atoms with Gasteiger partial charge in [-0.1, -0.05) is 35.5 Å². The minimum atomic E-state index is -0.273. The molecule has 1 aliphatic rings. The molecule has 0 saturated carbocycles. The van der Waals surface area contributed by atoms with E-state index in [2.05, 4.69) is 20.8 Å². The molecular formula is C20H20N4O2. The number of aromatic nitrogens is 2. The first-order valence-corrected chi connectivity index (χ1v) is 8.69. The van der Waals surface area contributed by atoms with Crippen LogP contribution in [0.3, 0.4) is 0 Å². The van der Waals surface area contributed by atoms with Gasteiger partial charge in [0.15, 0.2) is 0 Å². The molecule has 1 amide bonds. The van der Waals surface area contributed by atoms with Crippen molar-refractivity contribution in [3.8, 4) is 11.3 Å². The van der Waals surface area contributed by atoms with Crippen LogP contribution in [0.25, 0.3) is 11.3 Å². The minimum Gasteiger partial charge on any atom is -0.350 e. The zero-order chi connectivity index (χ0) is 17.9. The zero-order valence-corrected chi connectivity index (χ0v) is 14.6. The molecule has 0 spiro atoms. The summed E-state index contributed by atoms with van der Waals surface area (Å²) in [5, 5.41) is 10.3. The van der Waals surface area contributed by atoms with E-state index in [-0.39, 0.29) is 11.7 Å². The van der Waals surface area contributed by atoms with Crippen LogP contribution in [0.5, 0.6) is 0 Å². The number of carbonyl (C=O) groups is 1. The third-order valence-corrected chi connectivity index (χ3v) is 4.70. The van der Waals surface area contributed by atoms with Crippen molar-refractivity contribution in [1.29, 1.82) is 0 Å². The number of pyridine rings is 1. The Balaban J connectivity index is 1.49. The normalized spacial score (nSPS) is 13.3. The molecule has 4 rings (SSSR count). The summed E-state index contributed by atoms with van der Waals surface area (Å²) in [7, 11) is 0. The molecule has 3 heterocycles. The van der Waals surface area contributed by atoms with Crippen LogP contribution in [0.1, 0.15) is 32.9 Å². The minimum absolute atomic E-state index is 0.209. The first-order chi connectivity index (χ1) is 12.7. The zero-order valence-electron chi connectivity index (χ0n) is 14.6. The molecule has 0 fully saturated rings. The molecule has 26 heavy (non-hydrogen) atoms. The predicted octanol–water partition coefficient (Wildman–Crippen LogP) is 2.62. The molecule has 0 bridgehead atoms. The first kappa shape index (κ1) is 16.5. The Morgan fingerprint density at radius 3 is 3.00 bits per heavy atom. The predicted molar refractivity (Wildman–Crippen MR) is 97.5 cm³/mol. The molecule has 0 atom stereocenters. The molecule has 0 aliphatic carbocycles. The van der Waals surface area contributed by atoms with Gasteiger partial charge in [-0.15, -0.1) is 0 Å². The average molecular weight is 348 g/mol. The molecule has 0 unspecified atom stereocenters. The number of hydrogen-bond acceptors (Lipinski definition) is 5. The summed E-state index contributed by atoms with van der Waals surface area (Å²) >= 11 is 0. The smallest absolute Gasteiger partial charge is 0.290 e. The third kappa shape index (κ3) is 3.23. The molecule has 1 aliphatic heterocycles. The second-order valence-electron chi connectivity index (χ2n) is 6.38. The van der Waals surface area contributed by atoms with Crippen molar-refractivity contribution in [2.75, 3.05) is 6.54 Å². The summed E-state index contributed by atoms with van der Waals surface area (Å²) in [6.45, 7) is 4.18. The van der Waals surface area contributed by atoms with E-state index in [0.717, 1.165) is 36.3 Å². The first-order valence-electron chi connectivity index (χ1n) is 8.69. The largest absolute Gasteiger partial charge is 0.350 e. The number of rotatable bonds is 4. The SMILES string of the molecule is Cc1ncc2c(c1CNC(=O)c1cc(-c3ccccc3)no1)CCNC2. The maximum Gasteiger partial charge on any atom is 0.290 e. The van der Waals surface area contributed by atoms with E-state index in [0.29, 0.717) is 12.2 Å². The van der Waals surface area contributed by atoms with E-state index < -0.39 is 0 Å². The van der Waals surface area contributed by atoms with Crippen LogP contribution in [-0.4, -0.2) is 22.6 Å². The quantitative estimate of drug-likeness (QED) is 0.758. The topological polar surface area (TPSA) is 80.1 Å². The number of amides is 1. The van der Waals surface area contributed by atoms with E-state index in [9.17, 15) is 4.79 Å². The highest BCUT2D eigenvalue weighted by atomic mass is 16.5. The van der Waals surface area contributed by atoms with Gasteiger partial charge in [0.1, 0.15) is 5.69 Å². The van der Waals surface area contributed by atoms with E-state index in [4.69, 9.17) is 4.52 Å². The van der Waals surface area contributed by atoms with Gasteiger partial charge < -0.3 is 15.2 Å². The fraction of sp³-hybridized carbons (Fsp3) is 0.250. The van der Waals surface area contributed by atoms with Gasteiger partial charge in [-0.2, -0.15) is 0 Å². The van der Waals surface area contributed by atoms with Crippen molar-refractivity contribution >= 4 is 5.91 Å². The third-order valence-electron chi connectivity index (χ3n) is 4.70. The van der Waals surface area contributed by atoms with Crippen molar-refractivity contribution in [3.05, 3.63) is 70.7 Å². The Morgan fingerprint density at radius 1 is 1.31 bits per heavy atom. The van der Waals surface area contributed by atoms with E-state index >= 15 is 0 Å². The molecule has 1 aromatic carbocycles. The van der Waals surface area contributed by atoms with E-state index in [1.807, 2.05) is 43.5 Å². The Labute approximate surface area is 151 Å². The van der Waals surface area contributed by atoms with Crippen molar-refractivity contribution in [3.63, 3.8) is 0 Å². The number of aryl methyl sites for hydroxylation is 1. The second kappa shape index (κ2) is 7.09. The summed E-state index contributed by atoms with van der Waals surface area (Å²) < 4.78 is 5.22. The summed E-state index contributed by atoms with van der Waals surface area (Å²) in [6.07, 6.45) is 2.87. The maximum absolute atomic E-state index is 12.5. The highest BCUT2D eigenvalue weighted by molar-refractivity contribution is 5.92. The highest BCUT2D eigenvalue weighted by Gasteiger charge is 2.18. The molecule has 6 heteroatoms. The molecule has 2 aromatic heterocycles. The van der Waals surface area contributed by atoms with Gasteiger partial charge in [0, 0.05) is 36.6 Å². The van der Waals surface area contributed by atoms with Gasteiger partial charge in [-0.05, 0) is 36.6 Å². The van der Waals surface area contributed by atoms with Crippen LogP contribution in [-0.2, 0) is 19.5 Å². The van der Waals surface area contributed by atoms with E-state index in [1.165, 1.54) is 11.1 Å². The molecular weight excluding hydrogens is 328 g/mol. The number of carbonyl (C=O) groups excluding carboxylic acids is 1. The van der Waals surface area contributed by atoms with E-state index in [1.54, 1.807) is 6.07 Å². The Bertz CT molecular complexity index is 934. The standard InChI is InChI=1S/C20H20N4O2/c1-13-17(16-7-8-21-10-15(16)11-22-13)12-23-20(25)19-9-18(24-26-19)14-5-3-2-4-6-14/h2-6,9,11,21H,7-8,10,12H2,1H3,(H,23,25). The van der Waals surface area contributed by atoms with Gasteiger partial charge in [0.2, 0.25) is 5.76 Å². The monoisotopic (exact) mass is 348 g/mol. The Morgan fingerprint density at radius 2 is 2.15 bits per heavy atom. The average Bonchev–Trinajstić information content (AvgIpc) is 3.18. The lowest BCUT2D eigenvalue weighted by Crippen LogP contribution is -2.28. The molecule has 6 nitrogen and oxygen atoms in total. The highest BCUT2D eigenvalue weighted by Crippen LogP contribution is 2.21. The Kier molecular flexibility index (Phi) is 4.50. The summed E-state index contributed by atoms with van der Waals surface area (Å²) in [5.41, 5.74) is 6.11. The number of nitrogens with one attached hydrogen (secondary N) is 2. The molecule has 2 N–H and O–H groups in total.